The number of aromatic nitrogens is 1. The van der Waals surface area contributed by atoms with Gasteiger partial charge in [-0.3, -0.25) is 4.79 Å². The third kappa shape index (κ3) is 4.75. The van der Waals surface area contributed by atoms with E-state index >= 15 is 0 Å². The third-order valence-electron chi connectivity index (χ3n) is 6.40. The highest BCUT2D eigenvalue weighted by Gasteiger charge is 2.22. The summed E-state index contributed by atoms with van der Waals surface area (Å²) in [7, 11) is 1.71. The fourth-order valence-corrected chi connectivity index (χ4v) is 4.63. The van der Waals surface area contributed by atoms with Crippen LogP contribution in [0.4, 0.5) is 0 Å². The van der Waals surface area contributed by atoms with Crippen LogP contribution in [-0.2, 0) is 12.8 Å². The zero-order valence-electron chi connectivity index (χ0n) is 18.1. The number of aliphatic hydroxyl groups is 1. The number of likely N-dealkylation sites (tertiary alicyclic amines) is 1. The SMILES string of the molecule is COc1ccc(CCO)cc1CCN1CCC(n2ccc3ccc(C(N)=O)cc32)CC1. The first-order valence-corrected chi connectivity index (χ1v) is 11.0. The summed E-state index contributed by atoms with van der Waals surface area (Å²) in [5.41, 5.74) is 9.46. The van der Waals surface area contributed by atoms with Crippen molar-refractivity contribution in [2.24, 2.45) is 5.73 Å². The van der Waals surface area contributed by atoms with E-state index in [1.165, 1.54) is 5.56 Å². The lowest BCUT2D eigenvalue weighted by atomic mass is 10.0. The molecule has 3 N–H and O–H groups in total. The minimum absolute atomic E-state index is 0.161. The molecule has 1 fully saturated rings. The van der Waals surface area contributed by atoms with Crippen LogP contribution < -0.4 is 10.5 Å². The monoisotopic (exact) mass is 421 g/mol. The van der Waals surface area contributed by atoms with Crippen molar-refractivity contribution in [2.75, 3.05) is 33.4 Å². The summed E-state index contributed by atoms with van der Waals surface area (Å²) in [4.78, 5) is 14.1. The Bertz CT molecular complexity index is 1050. The van der Waals surface area contributed by atoms with Gasteiger partial charge in [0.2, 0.25) is 5.91 Å². The molecule has 1 aliphatic heterocycles. The Morgan fingerprint density at radius 1 is 1.13 bits per heavy atom. The molecule has 0 spiro atoms. The number of fused-ring (bicyclic) bond motifs is 1. The van der Waals surface area contributed by atoms with E-state index in [9.17, 15) is 9.90 Å². The van der Waals surface area contributed by atoms with Gasteiger partial charge in [-0.15, -0.1) is 0 Å². The second-order valence-corrected chi connectivity index (χ2v) is 8.30. The van der Waals surface area contributed by atoms with Crippen molar-refractivity contribution in [3.8, 4) is 5.75 Å². The van der Waals surface area contributed by atoms with Crippen molar-refractivity contribution in [3.05, 3.63) is 65.4 Å². The molecular formula is C25H31N3O3. The smallest absolute Gasteiger partial charge is 0.248 e. The zero-order valence-corrected chi connectivity index (χ0v) is 18.1. The number of nitrogens with zero attached hydrogens (tertiary/aromatic N) is 2. The number of piperidine rings is 1. The fourth-order valence-electron chi connectivity index (χ4n) is 4.63. The van der Waals surface area contributed by atoms with E-state index < -0.39 is 0 Å². The summed E-state index contributed by atoms with van der Waals surface area (Å²) in [5.74, 6) is 0.531. The molecule has 6 nitrogen and oxygen atoms in total. The number of nitrogens with two attached hydrogens (primary N) is 1. The summed E-state index contributed by atoms with van der Waals surface area (Å²) in [6, 6.07) is 14.4. The number of hydrogen-bond donors (Lipinski definition) is 2. The minimum Gasteiger partial charge on any atom is -0.496 e. The summed E-state index contributed by atoms with van der Waals surface area (Å²) in [6.07, 6.45) is 5.89. The van der Waals surface area contributed by atoms with Crippen molar-refractivity contribution in [1.82, 2.24) is 9.47 Å². The largest absolute Gasteiger partial charge is 0.496 e. The van der Waals surface area contributed by atoms with Gasteiger partial charge in [0.25, 0.3) is 0 Å². The number of rotatable bonds is 8. The number of carbonyl (C=O) groups is 1. The average molecular weight is 422 g/mol. The molecule has 0 saturated carbocycles. The number of amides is 1. The summed E-state index contributed by atoms with van der Waals surface area (Å²) < 4.78 is 7.84. The van der Waals surface area contributed by atoms with Crippen molar-refractivity contribution in [2.45, 2.75) is 31.7 Å². The molecule has 4 rings (SSSR count). The van der Waals surface area contributed by atoms with Crippen LogP contribution in [0.25, 0.3) is 10.9 Å². The molecule has 0 radical (unpaired) electrons. The molecular weight excluding hydrogens is 390 g/mol. The zero-order chi connectivity index (χ0) is 21.8. The van der Waals surface area contributed by atoms with Gasteiger partial charge in [-0.1, -0.05) is 18.2 Å². The molecule has 0 aliphatic carbocycles. The van der Waals surface area contributed by atoms with E-state index in [4.69, 9.17) is 10.5 Å². The predicted octanol–water partition coefficient (Wildman–Crippen LogP) is 3.16. The Kier molecular flexibility index (Phi) is 6.59. The van der Waals surface area contributed by atoms with Gasteiger partial charge in [0.1, 0.15) is 5.75 Å². The van der Waals surface area contributed by atoms with Crippen LogP contribution in [0.15, 0.2) is 48.7 Å². The lowest BCUT2D eigenvalue weighted by Gasteiger charge is -2.33. The van der Waals surface area contributed by atoms with Gasteiger partial charge in [0, 0.05) is 49.6 Å². The number of hydrogen-bond acceptors (Lipinski definition) is 4. The first kappa shape index (κ1) is 21.4. The van der Waals surface area contributed by atoms with Gasteiger partial charge in [-0.05, 0) is 66.5 Å². The Morgan fingerprint density at radius 2 is 1.94 bits per heavy atom. The van der Waals surface area contributed by atoms with E-state index in [0.29, 0.717) is 18.0 Å². The van der Waals surface area contributed by atoms with E-state index in [2.05, 4.69) is 27.8 Å². The number of benzene rings is 2. The number of carbonyl (C=O) groups excluding carboxylic acids is 1. The number of ether oxygens (including phenoxy) is 1. The van der Waals surface area contributed by atoms with Crippen LogP contribution in [-0.4, -0.2) is 53.8 Å². The van der Waals surface area contributed by atoms with Gasteiger partial charge >= 0.3 is 0 Å². The van der Waals surface area contributed by atoms with Crippen molar-refractivity contribution in [3.63, 3.8) is 0 Å². The number of primary amides is 1. The normalized spacial score (nSPS) is 15.4. The molecule has 1 amide bonds. The minimum atomic E-state index is -0.386. The highest BCUT2D eigenvalue weighted by atomic mass is 16.5. The Morgan fingerprint density at radius 3 is 2.65 bits per heavy atom. The highest BCUT2D eigenvalue weighted by Crippen LogP contribution is 2.29. The van der Waals surface area contributed by atoms with E-state index in [0.717, 1.165) is 61.1 Å². The molecule has 1 aliphatic rings. The Balaban J connectivity index is 1.39. The number of methoxy groups -OCH3 is 1. The van der Waals surface area contributed by atoms with Gasteiger partial charge in [-0.2, -0.15) is 0 Å². The third-order valence-corrected chi connectivity index (χ3v) is 6.40. The maximum atomic E-state index is 11.6. The molecule has 2 aromatic carbocycles. The fraction of sp³-hybridized carbons (Fsp3) is 0.400. The van der Waals surface area contributed by atoms with Gasteiger partial charge in [-0.25, -0.2) is 0 Å². The molecule has 1 saturated heterocycles. The number of aliphatic hydroxyl groups excluding tert-OH is 1. The average Bonchev–Trinajstić information content (AvgIpc) is 3.21. The van der Waals surface area contributed by atoms with Crippen LogP contribution in [0.3, 0.4) is 0 Å². The molecule has 0 atom stereocenters. The molecule has 6 heteroatoms. The Labute approximate surface area is 183 Å². The molecule has 1 aromatic heterocycles. The Hall–Kier alpha value is -2.83. The quantitative estimate of drug-likeness (QED) is 0.585. The summed E-state index contributed by atoms with van der Waals surface area (Å²) in [5, 5.41) is 10.4. The molecule has 2 heterocycles. The first-order chi connectivity index (χ1) is 15.1. The van der Waals surface area contributed by atoms with Crippen molar-refractivity contribution in [1.29, 1.82) is 0 Å². The molecule has 0 unspecified atom stereocenters. The topological polar surface area (TPSA) is 80.7 Å². The van der Waals surface area contributed by atoms with E-state index in [1.54, 1.807) is 13.2 Å². The van der Waals surface area contributed by atoms with Crippen LogP contribution in [0, 0.1) is 0 Å². The maximum absolute atomic E-state index is 11.6. The van der Waals surface area contributed by atoms with Gasteiger partial charge < -0.3 is 25.0 Å². The lowest BCUT2D eigenvalue weighted by molar-refractivity contribution is 0.100. The lowest BCUT2D eigenvalue weighted by Crippen LogP contribution is -2.35. The second-order valence-electron chi connectivity index (χ2n) is 8.30. The molecule has 0 bridgehead atoms. The molecule has 31 heavy (non-hydrogen) atoms. The standard InChI is InChI=1S/C25H31N3O3/c1-31-24-5-2-18(10-15-29)16-20(24)6-11-27-12-8-22(9-13-27)28-14-7-19-3-4-21(25(26)30)17-23(19)28/h2-5,7,14,16-17,22,29H,6,8-13,15H2,1H3,(H2,26,30). The molecule has 3 aromatic rings. The van der Waals surface area contributed by atoms with Crippen LogP contribution in [0.2, 0.25) is 0 Å². The van der Waals surface area contributed by atoms with Crippen molar-refractivity contribution < 1.29 is 14.6 Å². The second kappa shape index (κ2) is 9.54. The molecule has 164 valence electrons. The van der Waals surface area contributed by atoms with Crippen LogP contribution in [0.1, 0.15) is 40.4 Å². The van der Waals surface area contributed by atoms with Gasteiger partial charge in [0.05, 0.1) is 7.11 Å². The van der Waals surface area contributed by atoms with Crippen LogP contribution >= 0.6 is 0 Å². The summed E-state index contributed by atoms with van der Waals surface area (Å²) in [6.45, 7) is 3.23. The van der Waals surface area contributed by atoms with Crippen LogP contribution in [0.5, 0.6) is 5.75 Å². The van der Waals surface area contributed by atoms with E-state index in [1.807, 2.05) is 24.3 Å². The summed E-state index contributed by atoms with van der Waals surface area (Å²) >= 11 is 0. The van der Waals surface area contributed by atoms with E-state index in [-0.39, 0.29) is 12.5 Å². The maximum Gasteiger partial charge on any atom is 0.248 e. The van der Waals surface area contributed by atoms with Crippen molar-refractivity contribution >= 4 is 16.8 Å². The predicted molar refractivity (Wildman–Crippen MR) is 123 cm³/mol. The first-order valence-electron chi connectivity index (χ1n) is 11.0. The van der Waals surface area contributed by atoms with Gasteiger partial charge in [0.15, 0.2) is 0 Å². The highest BCUT2D eigenvalue weighted by molar-refractivity contribution is 5.97.